The van der Waals surface area contributed by atoms with Crippen molar-refractivity contribution < 1.29 is 19.2 Å². The normalized spacial score (nSPS) is 10.4. The van der Waals surface area contributed by atoms with Crippen molar-refractivity contribution in [3.63, 3.8) is 0 Å². The van der Waals surface area contributed by atoms with Gasteiger partial charge >= 0.3 is 0 Å². The molecule has 3 rings (SSSR count). The van der Waals surface area contributed by atoms with Crippen LogP contribution in [0.25, 0.3) is 11.3 Å². The van der Waals surface area contributed by atoms with E-state index in [-0.39, 0.29) is 25.7 Å². The van der Waals surface area contributed by atoms with Crippen LogP contribution in [0.2, 0.25) is 0 Å². The second-order valence-electron chi connectivity index (χ2n) is 5.34. The molecule has 1 heterocycles. The first-order valence-corrected chi connectivity index (χ1v) is 7.89. The number of nitrogens with one attached hydrogen (secondary N) is 1. The highest BCUT2D eigenvalue weighted by atomic mass is 16.5. The van der Waals surface area contributed by atoms with Crippen molar-refractivity contribution >= 4 is 5.91 Å². The molecule has 25 heavy (non-hydrogen) atoms. The summed E-state index contributed by atoms with van der Waals surface area (Å²) in [7, 11) is 0. The van der Waals surface area contributed by atoms with Crippen LogP contribution in [0.1, 0.15) is 16.1 Å². The Morgan fingerprint density at radius 2 is 1.88 bits per heavy atom. The van der Waals surface area contributed by atoms with Crippen LogP contribution >= 0.6 is 0 Å². The summed E-state index contributed by atoms with van der Waals surface area (Å²) in [6.07, 6.45) is 0. The summed E-state index contributed by atoms with van der Waals surface area (Å²) in [6.45, 7) is 0.386. The predicted molar refractivity (Wildman–Crippen MR) is 92.1 cm³/mol. The fourth-order valence-electron chi connectivity index (χ4n) is 2.25. The van der Waals surface area contributed by atoms with Crippen molar-refractivity contribution in [2.75, 3.05) is 13.2 Å². The van der Waals surface area contributed by atoms with Crippen molar-refractivity contribution in [1.82, 2.24) is 10.5 Å². The predicted octanol–water partition coefficient (Wildman–Crippen LogP) is 2.64. The van der Waals surface area contributed by atoms with Gasteiger partial charge in [0.1, 0.15) is 18.1 Å². The van der Waals surface area contributed by atoms with Gasteiger partial charge in [0.05, 0.1) is 6.61 Å². The van der Waals surface area contributed by atoms with Crippen LogP contribution in [-0.4, -0.2) is 29.3 Å². The van der Waals surface area contributed by atoms with Crippen LogP contribution in [0.4, 0.5) is 0 Å². The number of aliphatic hydroxyl groups excluding tert-OH is 1. The van der Waals surface area contributed by atoms with E-state index >= 15 is 0 Å². The standard InChI is InChI=1S/C19H18N2O4/c22-11-10-20-19(23)15-6-8-16(9-7-15)24-13-17-12-18(21-25-17)14-4-2-1-3-5-14/h1-9,12,22H,10-11,13H2,(H,20,23). The second-order valence-corrected chi connectivity index (χ2v) is 5.34. The van der Waals surface area contributed by atoms with E-state index in [0.717, 1.165) is 11.3 Å². The first kappa shape index (κ1) is 16.7. The quantitative estimate of drug-likeness (QED) is 0.692. The molecule has 0 fully saturated rings. The molecular weight excluding hydrogens is 320 g/mol. The molecule has 6 heteroatoms. The minimum Gasteiger partial charge on any atom is -0.486 e. The van der Waals surface area contributed by atoms with Crippen LogP contribution in [0.3, 0.4) is 0 Å². The molecule has 0 saturated heterocycles. The molecule has 1 aromatic heterocycles. The zero-order valence-corrected chi connectivity index (χ0v) is 13.5. The van der Waals surface area contributed by atoms with Crippen LogP contribution < -0.4 is 10.1 Å². The highest BCUT2D eigenvalue weighted by Gasteiger charge is 2.08. The number of amides is 1. The summed E-state index contributed by atoms with van der Waals surface area (Å²) in [5, 5.41) is 15.3. The molecule has 6 nitrogen and oxygen atoms in total. The van der Waals surface area contributed by atoms with E-state index in [4.69, 9.17) is 14.4 Å². The van der Waals surface area contributed by atoms with Gasteiger partial charge in [0.25, 0.3) is 5.91 Å². The van der Waals surface area contributed by atoms with Crippen molar-refractivity contribution in [2.24, 2.45) is 0 Å². The van der Waals surface area contributed by atoms with E-state index in [0.29, 0.717) is 17.1 Å². The van der Waals surface area contributed by atoms with Gasteiger partial charge < -0.3 is 19.7 Å². The maximum atomic E-state index is 11.7. The largest absolute Gasteiger partial charge is 0.486 e. The highest BCUT2D eigenvalue weighted by molar-refractivity contribution is 5.94. The Kier molecular flexibility index (Phi) is 5.43. The SMILES string of the molecule is O=C(NCCO)c1ccc(OCc2cc(-c3ccccc3)no2)cc1. The van der Waals surface area contributed by atoms with Crippen molar-refractivity contribution in [3.8, 4) is 17.0 Å². The topological polar surface area (TPSA) is 84.6 Å². The molecule has 0 unspecified atom stereocenters. The molecule has 1 amide bonds. The number of nitrogens with zero attached hydrogens (tertiary/aromatic N) is 1. The fourth-order valence-corrected chi connectivity index (χ4v) is 2.25. The van der Waals surface area contributed by atoms with Gasteiger partial charge in [0, 0.05) is 23.7 Å². The number of hydrogen-bond donors (Lipinski definition) is 2. The minimum atomic E-state index is -0.233. The number of carbonyl (C=O) groups excluding carboxylic acids is 1. The third-order valence-electron chi connectivity index (χ3n) is 3.52. The maximum Gasteiger partial charge on any atom is 0.251 e. The van der Waals surface area contributed by atoms with Gasteiger partial charge in [-0.3, -0.25) is 4.79 Å². The van der Waals surface area contributed by atoms with E-state index < -0.39 is 0 Å². The Hall–Kier alpha value is -3.12. The Morgan fingerprint density at radius 1 is 1.12 bits per heavy atom. The number of benzene rings is 2. The monoisotopic (exact) mass is 338 g/mol. The molecular formula is C19H18N2O4. The van der Waals surface area contributed by atoms with Crippen LogP contribution in [0, 0.1) is 0 Å². The van der Waals surface area contributed by atoms with Crippen molar-refractivity contribution in [1.29, 1.82) is 0 Å². The summed E-state index contributed by atoms with van der Waals surface area (Å²) in [5.41, 5.74) is 2.25. The molecule has 0 atom stereocenters. The molecule has 2 aromatic carbocycles. The Balaban J connectivity index is 1.57. The third-order valence-corrected chi connectivity index (χ3v) is 3.52. The van der Waals surface area contributed by atoms with E-state index in [1.165, 1.54) is 0 Å². The maximum absolute atomic E-state index is 11.7. The summed E-state index contributed by atoms with van der Waals surface area (Å²) < 4.78 is 10.9. The van der Waals surface area contributed by atoms with Gasteiger partial charge in [-0.05, 0) is 24.3 Å². The third kappa shape index (κ3) is 4.45. The Bertz CT molecular complexity index is 813. The van der Waals surface area contributed by atoms with E-state index in [9.17, 15) is 4.79 Å². The van der Waals surface area contributed by atoms with Crippen LogP contribution in [0.15, 0.2) is 65.2 Å². The van der Waals surface area contributed by atoms with Gasteiger partial charge in [-0.25, -0.2) is 0 Å². The molecule has 3 aromatic rings. The number of aliphatic hydroxyl groups is 1. The number of ether oxygens (including phenoxy) is 1. The molecule has 0 saturated carbocycles. The zero-order valence-electron chi connectivity index (χ0n) is 13.5. The molecule has 0 aliphatic rings. The number of aromatic nitrogens is 1. The first-order chi connectivity index (χ1) is 12.3. The van der Waals surface area contributed by atoms with E-state index in [2.05, 4.69) is 10.5 Å². The molecule has 128 valence electrons. The van der Waals surface area contributed by atoms with Crippen LogP contribution in [0.5, 0.6) is 5.75 Å². The summed E-state index contributed by atoms with van der Waals surface area (Å²) in [4.78, 5) is 11.7. The smallest absolute Gasteiger partial charge is 0.251 e. The average molecular weight is 338 g/mol. The van der Waals surface area contributed by atoms with Gasteiger partial charge in [-0.15, -0.1) is 0 Å². The van der Waals surface area contributed by atoms with Gasteiger partial charge in [-0.2, -0.15) is 0 Å². The van der Waals surface area contributed by atoms with Gasteiger partial charge in [0.15, 0.2) is 5.76 Å². The lowest BCUT2D eigenvalue weighted by atomic mass is 10.1. The highest BCUT2D eigenvalue weighted by Crippen LogP contribution is 2.20. The molecule has 0 bridgehead atoms. The summed E-state index contributed by atoms with van der Waals surface area (Å²) in [5.74, 6) is 1.00. The lowest BCUT2D eigenvalue weighted by Crippen LogP contribution is -2.26. The molecule has 0 aliphatic carbocycles. The summed E-state index contributed by atoms with van der Waals surface area (Å²) >= 11 is 0. The van der Waals surface area contributed by atoms with E-state index in [1.807, 2.05) is 36.4 Å². The van der Waals surface area contributed by atoms with E-state index in [1.54, 1.807) is 24.3 Å². The lowest BCUT2D eigenvalue weighted by molar-refractivity contribution is 0.0944. The number of rotatable bonds is 7. The first-order valence-electron chi connectivity index (χ1n) is 7.89. The number of carbonyl (C=O) groups is 1. The van der Waals surface area contributed by atoms with Gasteiger partial charge in [-0.1, -0.05) is 35.5 Å². The van der Waals surface area contributed by atoms with Crippen LogP contribution in [-0.2, 0) is 6.61 Å². The Morgan fingerprint density at radius 3 is 2.60 bits per heavy atom. The second kappa shape index (κ2) is 8.12. The molecule has 0 spiro atoms. The minimum absolute atomic E-state index is 0.0882. The lowest BCUT2D eigenvalue weighted by Gasteiger charge is -2.06. The van der Waals surface area contributed by atoms with Gasteiger partial charge in [0.2, 0.25) is 0 Å². The van der Waals surface area contributed by atoms with Crippen molar-refractivity contribution in [2.45, 2.75) is 6.61 Å². The summed E-state index contributed by atoms with van der Waals surface area (Å²) in [6, 6.07) is 18.3. The number of hydrogen-bond acceptors (Lipinski definition) is 5. The molecule has 2 N–H and O–H groups in total. The zero-order chi connectivity index (χ0) is 17.5. The Labute approximate surface area is 145 Å². The molecule has 0 aliphatic heterocycles. The average Bonchev–Trinajstić information content (AvgIpc) is 3.14. The molecule has 0 radical (unpaired) electrons. The fraction of sp³-hybridized carbons (Fsp3) is 0.158. The van der Waals surface area contributed by atoms with Crippen molar-refractivity contribution in [3.05, 3.63) is 72.0 Å².